The summed E-state index contributed by atoms with van der Waals surface area (Å²) in [6, 6.07) is 3.83. The number of hydrogen-bond acceptors (Lipinski definition) is 3. The average molecular weight is 263 g/mol. The number of esters is 1. The van der Waals surface area contributed by atoms with Crippen molar-refractivity contribution < 1.29 is 9.53 Å². The number of nitrogens with two attached hydrogens (primary N) is 1. The Labute approximate surface area is 116 Å². The van der Waals surface area contributed by atoms with E-state index in [1.807, 2.05) is 0 Å². The molecule has 2 unspecified atom stereocenters. The first-order valence-corrected chi connectivity index (χ1v) is 6.81. The second-order valence-corrected chi connectivity index (χ2v) is 5.28. The fourth-order valence-corrected chi connectivity index (χ4v) is 2.88. The van der Waals surface area contributed by atoms with Gasteiger partial charge in [0.2, 0.25) is 0 Å². The van der Waals surface area contributed by atoms with E-state index in [-0.39, 0.29) is 5.97 Å². The van der Waals surface area contributed by atoms with Crippen LogP contribution >= 0.6 is 0 Å². The van der Waals surface area contributed by atoms with Crippen molar-refractivity contribution in [2.75, 3.05) is 7.11 Å². The van der Waals surface area contributed by atoms with E-state index in [0.717, 1.165) is 6.42 Å². The molecule has 0 saturated heterocycles. The topological polar surface area (TPSA) is 52.3 Å². The number of rotatable bonds is 5. The molecule has 1 rings (SSSR count). The summed E-state index contributed by atoms with van der Waals surface area (Å²) in [7, 11) is 1.38. The van der Waals surface area contributed by atoms with Gasteiger partial charge in [-0.15, -0.1) is 0 Å². The standard InChI is InChI=1S/C16H25NO2/c1-6-13(9-14(17)16(18)19-5)15-11(3)7-10(2)8-12(15)4/h7-8,13-14H,6,9,17H2,1-5H3. The first kappa shape index (κ1) is 15.7. The molecule has 3 nitrogen and oxygen atoms in total. The van der Waals surface area contributed by atoms with E-state index in [1.165, 1.54) is 29.4 Å². The molecule has 3 heteroatoms. The zero-order valence-electron chi connectivity index (χ0n) is 12.6. The fraction of sp³-hybridized carbons (Fsp3) is 0.562. The molecule has 0 heterocycles. The maximum Gasteiger partial charge on any atom is 0.322 e. The maximum atomic E-state index is 11.5. The van der Waals surface area contributed by atoms with Gasteiger partial charge < -0.3 is 10.5 Å². The van der Waals surface area contributed by atoms with Gasteiger partial charge in [0.15, 0.2) is 0 Å². The van der Waals surface area contributed by atoms with E-state index in [0.29, 0.717) is 12.3 Å². The molecule has 1 aromatic carbocycles. The molecule has 0 radical (unpaired) electrons. The highest BCUT2D eigenvalue weighted by Gasteiger charge is 2.22. The molecule has 0 fully saturated rings. The van der Waals surface area contributed by atoms with E-state index in [9.17, 15) is 4.79 Å². The van der Waals surface area contributed by atoms with Crippen LogP contribution in [0.1, 0.15) is 47.9 Å². The van der Waals surface area contributed by atoms with Crippen LogP contribution in [-0.2, 0) is 9.53 Å². The van der Waals surface area contributed by atoms with Gasteiger partial charge in [-0.2, -0.15) is 0 Å². The Kier molecular flexibility index (Phi) is 5.55. The minimum atomic E-state index is -0.546. The van der Waals surface area contributed by atoms with Crippen molar-refractivity contribution in [2.45, 2.75) is 52.5 Å². The Morgan fingerprint density at radius 1 is 1.26 bits per heavy atom. The van der Waals surface area contributed by atoms with Crippen molar-refractivity contribution in [1.29, 1.82) is 0 Å². The summed E-state index contributed by atoms with van der Waals surface area (Å²) in [5.41, 5.74) is 11.1. The average Bonchev–Trinajstić information content (AvgIpc) is 2.34. The Bertz CT molecular complexity index is 431. The molecule has 106 valence electrons. The number of aryl methyl sites for hydroxylation is 3. The highest BCUT2D eigenvalue weighted by molar-refractivity contribution is 5.75. The Morgan fingerprint density at radius 2 is 1.79 bits per heavy atom. The summed E-state index contributed by atoms with van der Waals surface area (Å²) < 4.78 is 4.71. The molecule has 0 saturated carbocycles. The van der Waals surface area contributed by atoms with Crippen LogP contribution in [0.3, 0.4) is 0 Å². The van der Waals surface area contributed by atoms with Crippen molar-refractivity contribution in [3.8, 4) is 0 Å². The lowest BCUT2D eigenvalue weighted by molar-refractivity contribution is -0.142. The quantitative estimate of drug-likeness (QED) is 0.831. The van der Waals surface area contributed by atoms with Crippen molar-refractivity contribution in [3.63, 3.8) is 0 Å². The maximum absolute atomic E-state index is 11.5. The van der Waals surface area contributed by atoms with Crippen LogP contribution in [0.15, 0.2) is 12.1 Å². The molecular weight excluding hydrogens is 238 g/mol. The summed E-state index contributed by atoms with van der Waals surface area (Å²) in [5.74, 6) is -0.0319. The molecule has 0 aliphatic heterocycles. The minimum Gasteiger partial charge on any atom is -0.468 e. The largest absolute Gasteiger partial charge is 0.468 e. The van der Waals surface area contributed by atoms with Crippen LogP contribution in [0.5, 0.6) is 0 Å². The van der Waals surface area contributed by atoms with Gasteiger partial charge in [-0.1, -0.05) is 24.6 Å². The van der Waals surface area contributed by atoms with E-state index in [2.05, 4.69) is 39.8 Å². The molecule has 0 aromatic heterocycles. The van der Waals surface area contributed by atoms with Crippen molar-refractivity contribution >= 4 is 5.97 Å². The van der Waals surface area contributed by atoms with Gasteiger partial charge in [0.05, 0.1) is 7.11 Å². The van der Waals surface area contributed by atoms with Crippen LogP contribution in [0.4, 0.5) is 0 Å². The van der Waals surface area contributed by atoms with Gasteiger partial charge in [-0.05, 0) is 56.2 Å². The molecule has 0 aliphatic rings. The molecule has 19 heavy (non-hydrogen) atoms. The van der Waals surface area contributed by atoms with Crippen molar-refractivity contribution in [2.24, 2.45) is 5.73 Å². The predicted octanol–water partition coefficient (Wildman–Crippen LogP) is 3.00. The van der Waals surface area contributed by atoms with Gasteiger partial charge in [0, 0.05) is 0 Å². The second kappa shape index (κ2) is 6.71. The molecule has 1 aromatic rings. The summed E-state index contributed by atoms with van der Waals surface area (Å²) in [5, 5.41) is 0. The number of ether oxygens (including phenoxy) is 1. The lowest BCUT2D eigenvalue weighted by Crippen LogP contribution is -2.33. The van der Waals surface area contributed by atoms with Crippen LogP contribution in [0, 0.1) is 20.8 Å². The zero-order chi connectivity index (χ0) is 14.6. The third kappa shape index (κ3) is 3.80. The Morgan fingerprint density at radius 3 is 2.21 bits per heavy atom. The van der Waals surface area contributed by atoms with E-state index in [4.69, 9.17) is 10.5 Å². The number of methoxy groups -OCH3 is 1. The van der Waals surface area contributed by atoms with Gasteiger partial charge >= 0.3 is 5.97 Å². The van der Waals surface area contributed by atoms with Gasteiger partial charge in [0.1, 0.15) is 6.04 Å². The summed E-state index contributed by atoms with van der Waals surface area (Å²) in [4.78, 5) is 11.5. The Balaban J connectivity index is 3.01. The third-order valence-corrected chi connectivity index (χ3v) is 3.68. The summed E-state index contributed by atoms with van der Waals surface area (Å²) in [6.07, 6.45) is 1.60. The summed E-state index contributed by atoms with van der Waals surface area (Å²) in [6.45, 7) is 8.49. The predicted molar refractivity (Wildman–Crippen MR) is 78.3 cm³/mol. The summed E-state index contributed by atoms with van der Waals surface area (Å²) >= 11 is 0. The second-order valence-electron chi connectivity index (χ2n) is 5.28. The van der Waals surface area contributed by atoms with Gasteiger partial charge in [-0.25, -0.2) is 0 Å². The lowest BCUT2D eigenvalue weighted by Gasteiger charge is -2.23. The first-order chi connectivity index (χ1) is 8.90. The zero-order valence-corrected chi connectivity index (χ0v) is 12.6. The van der Waals surface area contributed by atoms with E-state index >= 15 is 0 Å². The number of carbonyl (C=O) groups is 1. The van der Waals surface area contributed by atoms with Gasteiger partial charge in [0.25, 0.3) is 0 Å². The normalized spacial score (nSPS) is 14.0. The minimum absolute atomic E-state index is 0.301. The molecular formula is C16H25NO2. The molecule has 0 bridgehead atoms. The van der Waals surface area contributed by atoms with E-state index < -0.39 is 6.04 Å². The molecule has 0 spiro atoms. The number of hydrogen-bond donors (Lipinski definition) is 1. The fourth-order valence-electron chi connectivity index (χ4n) is 2.88. The SMILES string of the molecule is CCC(CC(N)C(=O)OC)c1c(C)cc(C)cc1C. The number of carbonyl (C=O) groups excluding carboxylic acids is 1. The highest BCUT2D eigenvalue weighted by atomic mass is 16.5. The van der Waals surface area contributed by atoms with Crippen molar-refractivity contribution in [1.82, 2.24) is 0 Å². The monoisotopic (exact) mass is 263 g/mol. The van der Waals surface area contributed by atoms with Gasteiger partial charge in [-0.3, -0.25) is 4.79 Å². The third-order valence-electron chi connectivity index (χ3n) is 3.68. The molecule has 2 N–H and O–H groups in total. The van der Waals surface area contributed by atoms with Crippen LogP contribution in [0.2, 0.25) is 0 Å². The lowest BCUT2D eigenvalue weighted by atomic mass is 9.84. The van der Waals surface area contributed by atoms with Crippen LogP contribution in [0.25, 0.3) is 0 Å². The molecule has 2 atom stereocenters. The van der Waals surface area contributed by atoms with Crippen molar-refractivity contribution in [3.05, 3.63) is 34.4 Å². The van der Waals surface area contributed by atoms with Crippen LogP contribution in [-0.4, -0.2) is 19.1 Å². The molecule has 0 amide bonds. The number of benzene rings is 1. The highest BCUT2D eigenvalue weighted by Crippen LogP contribution is 2.31. The first-order valence-electron chi connectivity index (χ1n) is 6.81. The smallest absolute Gasteiger partial charge is 0.322 e. The van der Waals surface area contributed by atoms with Crippen LogP contribution < -0.4 is 5.73 Å². The Hall–Kier alpha value is -1.35. The van der Waals surface area contributed by atoms with E-state index in [1.54, 1.807) is 0 Å². The molecule has 0 aliphatic carbocycles.